The monoisotopic (exact) mass is 703 g/mol. The molecule has 0 aromatic heterocycles. The zero-order chi connectivity index (χ0) is 32.5. The topological polar surface area (TPSA) is 96.0 Å². The quantitative estimate of drug-likeness (QED) is 0.175. The number of nitrogens with one attached hydrogen (secondary N) is 1. The lowest BCUT2D eigenvalue weighted by Crippen LogP contribution is -2.54. The van der Waals surface area contributed by atoms with Crippen LogP contribution in [0.5, 0.6) is 5.75 Å². The molecule has 0 bridgehead atoms. The zero-order valence-electron chi connectivity index (χ0n) is 25.7. The summed E-state index contributed by atoms with van der Waals surface area (Å²) < 4.78 is 35.6. The highest BCUT2D eigenvalue weighted by Crippen LogP contribution is 2.28. The summed E-state index contributed by atoms with van der Waals surface area (Å²) >= 11 is 3.47. The molecular formula is C36H38BrN3O5S. The number of hydrogen-bond donors (Lipinski definition) is 1. The number of hydrogen-bond acceptors (Lipinski definition) is 5. The van der Waals surface area contributed by atoms with Crippen molar-refractivity contribution in [3.8, 4) is 5.75 Å². The third-order valence-electron chi connectivity index (χ3n) is 8.19. The second-order valence-electron chi connectivity index (χ2n) is 11.4. The summed E-state index contributed by atoms with van der Waals surface area (Å²) in [5.74, 6) is -0.310. The largest absolute Gasteiger partial charge is 0.497 e. The molecular weight excluding hydrogens is 666 g/mol. The normalized spacial score (nSPS) is 14.0. The lowest BCUT2D eigenvalue weighted by Gasteiger charge is -2.34. The standard InChI is InChI=1S/C36H38BrN3O5S/c1-45-32-16-10-15-31(24-32)40(46(43,44)33-17-6-3-7-18-33)26-35(41)39(25-28-19-21-29(37)22-20-28)34(23-27-11-4-2-5-12-27)36(42)38-30-13-8-9-14-30/h2-7,10-12,15-22,24,30,34H,8-9,13-14,23,25-26H2,1H3,(H,38,42). The van der Waals surface area contributed by atoms with Crippen LogP contribution in [0, 0.1) is 0 Å². The van der Waals surface area contributed by atoms with E-state index >= 15 is 0 Å². The van der Waals surface area contributed by atoms with Crippen molar-refractivity contribution in [1.82, 2.24) is 10.2 Å². The van der Waals surface area contributed by atoms with Gasteiger partial charge in [-0.2, -0.15) is 0 Å². The van der Waals surface area contributed by atoms with Gasteiger partial charge in [-0.25, -0.2) is 8.42 Å². The first-order valence-corrected chi connectivity index (χ1v) is 17.6. The number of nitrogens with zero attached hydrogens (tertiary/aromatic N) is 2. The van der Waals surface area contributed by atoms with Crippen LogP contribution in [0.25, 0.3) is 0 Å². The van der Waals surface area contributed by atoms with Gasteiger partial charge in [0.25, 0.3) is 10.0 Å². The predicted molar refractivity (Wildman–Crippen MR) is 183 cm³/mol. The molecule has 1 fully saturated rings. The molecule has 1 saturated carbocycles. The van der Waals surface area contributed by atoms with Gasteiger partial charge in [0.05, 0.1) is 17.7 Å². The van der Waals surface area contributed by atoms with Crippen LogP contribution in [0.2, 0.25) is 0 Å². The Morgan fingerprint density at radius 2 is 1.52 bits per heavy atom. The molecule has 0 heterocycles. The molecule has 1 aliphatic rings. The Hall–Kier alpha value is -4.15. The number of anilines is 1. The molecule has 0 aliphatic heterocycles. The van der Waals surface area contributed by atoms with E-state index in [1.54, 1.807) is 42.5 Å². The molecule has 5 rings (SSSR count). The van der Waals surface area contributed by atoms with Crippen LogP contribution >= 0.6 is 15.9 Å². The van der Waals surface area contributed by atoms with Crippen LogP contribution in [0.15, 0.2) is 119 Å². The third-order valence-corrected chi connectivity index (χ3v) is 10.5. The maximum absolute atomic E-state index is 14.6. The van der Waals surface area contributed by atoms with Gasteiger partial charge in [0.2, 0.25) is 11.8 Å². The fourth-order valence-corrected chi connectivity index (χ4v) is 7.41. The van der Waals surface area contributed by atoms with Crippen LogP contribution < -0.4 is 14.4 Å². The third kappa shape index (κ3) is 8.35. The van der Waals surface area contributed by atoms with Crippen molar-refractivity contribution >= 4 is 43.5 Å². The maximum Gasteiger partial charge on any atom is 0.264 e. The van der Waals surface area contributed by atoms with Crippen LogP contribution in [0.3, 0.4) is 0 Å². The minimum Gasteiger partial charge on any atom is -0.497 e. The molecule has 2 amide bonds. The smallest absolute Gasteiger partial charge is 0.264 e. The van der Waals surface area contributed by atoms with Crippen molar-refractivity contribution in [3.63, 3.8) is 0 Å². The van der Waals surface area contributed by atoms with Crippen molar-refractivity contribution < 1.29 is 22.7 Å². The number of carbonyl (C=O) groups excluding carboxylic acids is 2. The molecule has 8 nitrogen and oxygen atoms in total. The molecule has 1 atom stereocenters. The van der Waals surface area contributed by atoms with Crippen LogP contribution in [-0.4, -0.2) is 50.9 Å². The minimum atomic E-state index is -4.19. The SMILES string of the molecule is COc1cccc(N(CC(=O)N(Cc2ccc(Br)cc2)C(Cc2ccccc2)C(=O)NC2CCCC2)S(=O)(=O)c2ccccc2)c1. The zero-order valence-corrected chi connectivity index (χ0v) is 28.1. The van der Waals surface area contributed by atoms with Crippen molar-refractivity contribution in [1.29, 1.82) is 0 Å². The van der Waals surface area contributed by atoms with E-state index in [2.05, 4.69) is 21.2 Å². The first kappa shape index (κ1) is 33.2. The molecule has 0 saturated heterocycles. The number of halogens is 1. The Balaban J connectivity index is 1.56. The number of sulfonamides is 1. The fraction of sp³-hybridized carbons (Fsp3) is 0.278. The van der Waals surface area contributed by atoms with Gasteiger partial charge in [0.1, 0.15) is 18.3 Å². The fourth-order valence-electron chi connectivity index (χ4n) is 5.72. The Kier molecular flexibility index (Phi) is 11.1. The summed E-state index contributed by atoms with van der Waals surface area (Å²) in [5.41, 5.74) is 1.97. The Bertz CT molecular complexity index is 1710. The number of ether oxygens (including phenoxy) is 1. The number of methoxy groups -OCH3 is 1. The van der Waals surface area contributed by atoms with Crippen LogP contribution in [0.1, 0.15) is 36.8 Å². The van der Waals surface area contributed by atoms with Gasteiger partial charge in [-0.1, -0.05) is 95.5 Å². The van der Waals surface area contributed by atoms with Gasteiger partial charge in [-0.3, -0.25) is 13.9 Å². The summed E-state index contributed by atoms with van der Waals surface area (Å²) in [5, 5.41) is 3.20. The van der Waals surface area contributed by atoms with E-state index in [9.17, 15) is 18.0 Å². The van der Waals surface area contributed by atoms with Crippen LogP contribution in [-0.2, 0) is 32.6 Å². The van der Waals surface area contributed by atoms with Crippen molar-refractivity contribution in [3.05, 3.63) is 125 Å². The molecule has 0 radical (unpaired) electrons. The lowest BCUT2D eigenvalue weighted by molar-refractivity contribution is -0.140. The van der Waals surface area contributed by atoms with Crippen LogP contribution in [0.4, 0.5) is 5.69 Å². The van der Waals surface area contributed by atoms with E-state index in [4.69, 9.17) is 4.74 Å². The molecule has 46 heavy (non-hydrogen) atoms. The van der Waals surface area contributed by atoms with Gasteiger partial charge >= 0.3 is 0 Å². The summed E-state index contributed by atoms with van der Waals surface area (Å²) in [6, 6.07) is 30.9. The van der Waals surface area contributed by atoms with E-state index in [1.165, 1.54) is 24.1 Å². The Morgan fingerprint density at radius 3 is 2.17 bits per heavy atom. The first-order valence-electron chi connectivity index (χ1n) is 15.3. The number of carbonyl (C=O) groups is 2. The van der Waals surface area contributed by atoms with E-state index in [-0.39, 0.29) is 35.5 Å². The molecule has 1 unspecified atom stereocenters. The molecule has 4 aromatic carbocycles. The molecule has 0 spiro atoms. The summed E-state index contributed by atoms with van der Waals surface area (Å²) in [7, 11) is -2.69. The minimum absolute atomic E-state index is 0.0437. The van der Waals surface area contributed by atoms with E-state index in [0.29, 0.717) is 5.75 Å². The summed E-state index contributed by atoms with van der Waals surface area (Å²) in [4.78, 5) is 30.3. The Morgan fingerprint density at radius 1 is 0.870 bits per heavy atom. The average Bonchev–Trinajstić information content (AvgIpc) is 3.59. The maximum atomic E-state index is 14.6. The van der Waals surface area contributed by atoms with Gasteiger partial charge < -0.3 is 15.0 Å². The number of rotatable bonds is 13. The van der Waals surface area contributed by atoms with Crippen molar-refractivity contribution in [2.45, 2.75) is 55.6 Å². The second kappa shape index (κ2) is 15.4. The number of amides is 2. The average molecular weight is 705 g/mol. The molecule has 1 aliphatic carbocycles. The van der Waals surface area contributed by atoms with Crippen molar-refractivity contribution in [2.75, 3.05) is 18.0 Å². The summed E-state index contributed by atoms with van der Waals surface area (Å²) in [6.07, 6.45) is 4.14. The molecule has 1 N–H and O–H groups in total. The van der Waals surface area contributed by atoms with E-state index in [1.807, 2.05) is 54.6 Å². The molecule has 4 aromatic rings. The lowest BCUT2D eigenvalue weighted by atomic mass is 10.0. The molecule has 240 valence electrons. The second-order valence-corrected chi connectivity index (χ2v) is 14.1. The Labute approximate surface area is 279 Å². The summed E-state index contributed by atoms with van der Waals surface area (Å²) in [6.45, 7) is -0.415. The molecule has 10 heteroatoms. The highest BCUT2D eigenvalue weighted by Gasteiger charge is 2.35. The first-order chi connectivity index (χ1) is 22.2. The van der Waals surface area contributed by atoms with Gasteiger partial charge in [-0.15, -0.1) is 0 Å². The highest BCUT2D eigenvalue weighted by atomic mass is 79.9. The van der Waals surface area contributed by atoms with Crippen molar-refractivity contribution in [2.24, 2.45) is 0 Å². The number of benzene rings is 4. The predicted octanol–water partition coefficient (Wildman–Crippen LogP) is 6.35. The van der Waals surface area contributed by atoms with Gasteiger partial charge in [-0.05, 0) is 60.4 Å². The van der Waals surface area contributed by atoms with Gasteiger partial charge in [0, 0.05) is 29.5 Å². The van der Waals surface area contributed by atoms with E-state index in [0.717, 1.165) is 45.6 Å². The van der Waals surface area contributed by atoms with E-state index < -0.39 is 28.5 Å². The highest BCUT2D eigenvalue weighted by molar-refractivity contribution is 9.10. The van der Waals surface area contributed by atoms with Gasteiger partial charge in [0.15, 0.2) is 0 Å².